The van der Waals surface area contributed by atoms with Crippen LogP contribution >= 0.6 is 11.6 Å². The van der Waals surface area contributed by atoms with Gasteiger partial charge in [0.15, 0.2) is 5.82 Å². The highest BCUT2D eigenvalue weighted by atomic mass is 35.5. The van der Waals surface area contributed by atoms with Crippen LogP contribution in [0.5, 0.6) is 0 Å². The third-order valence-electron chi connectivity index (χ3n) is 3.33. The van der Waals surface area contributed by atoms with E-state index in [1.54, 1.807) is 0 Å². The Balaban J connectivity index is 2.20. The molecule has 0 radical (unpaired) electrons. The third-order valence-corrected chi connectivity index (χ3v) is 3.63. The topological polar surface area (TPSA) is 25.8 Å². The Morgan fingerprint density at radius 1 is 1.00 bits per heavy atom. The van der Waals surface area contributed by atoms with Crippen LogP contribution in [-0.2, 0) is 0 Å². The fourth-order valence-corrected chi connectivity index (χ4v) is 2.26. The van der Waals surface area contributed by atoms with Gasteiger partial charge in [-0.3, -0.25) is 0 Å². The molecular weight excluding hydrogens is 256 g/mol. The lowest BCUT2D eigenvalue weighted by molar-refractivity contribution is 1.22. The van der Waals surface area contributed by atoms with Gasteiger partial charge in [0.1, 0.15) is 0 Å². The van der Waals surface area contributed by atoms with Crippen LogP contribution in [0.25, 0.3) is 22.3 Å². The SMILES string of the molecule is Cc1ccc(-c2ncc3cccc(Cl)c3n2)cc1C. The van der Waals surface area contributed by atoms with Crippen molar-refractivity contribution in [3.8, 4) is 11.4 Å². The molecule has 0 atom stereocenters. The lowest BCUT2D eigenvalue weighted by Crippen LogP contribution is -1.91. The van der Waals surface area contributed by atoms with E-state index in [1.807, 2.05) is 30.5 Å². The van der Waals surface area contributed by atoms with Crippen molar-refractivity contribution in [3.05, 3.63) is 58.7 Å². The van der Waals surface area contributed by atoms with E-state index in [4.69, 9.17) is 11.6 Å². The van der Waals surface area contributed by atoms with Crippen LogP contribution < -0.4 is 0 Å². The second kappa shape index (κ2) is 4.63. The molecule has 19 heavy (non-hydrogen) atoms. The van der Waals surface area contributed by atoms with E-state index < -0.39 is 0 Å². The summed E-state index contributed by atoms with van der Waals surface area (Å²) in [6.07, 6.45) is 1.82. The van der Waals surface area contributed by atoms with Gasteiger partial charge in [-0.2, -0.15) is 0 Å². The van der Waals surface area contributed by atoms with Crippen molar-refractivity contribution in [2.75, 3.05) is 0 Å². The van der Waals surface area contributed by atoms with Gasteiger partial charge < -0.3 is 0 Å². The van der Waals surface area contributed by atoms with Crippen LogP contribution in [0.3, 0.4) is 0 Å². The summed E-state index contributed by atoms with van der Waals surface area (Å²) in [6.45, 7) is 4.18. The number of rotatable bonds is 1. The molecule has 3 rings (SSSR count). The van der Waals surface area contributed by atoms with E-state index in [0.29, 0.717) is 10.8 Å². The monoisotopic (exact) mass is 268 g/mol. The van der Waals surface area contributed by atoms with Crippen molar-refractivity contribution in [2.45, 2.75) is 13.8 Å². The van der Waals surface area contributed by atoms with Gasteiger partial charge in [0.05, 0.1) is 10.5 Å². The second-order valence-electron chi connectivity index (χ2n) is 4.67. The standard InChI is InChI=1S/C16H13ClN2/c1-10-6-7-12(8-11(10)2)16-18-9-13-4-3-5-14(17)15(13)19-16/h3-9H,1-2H3. The molecule has 0 unspecified atom stereocenters. The van der Waals surface area contributed by atoms with Crippen LogP contribution in [0.1, 0.15) is 11.1 Å². The summed E-state index contributed by atoms with van der Waals surface area (Å²) in [5.74, 6) is 0.712. The Kier molecular flexibility index (Phi) is 2.96. The van der Waals surface area contributed by atoms with Crippen molar-refractivity contribution >= 4 is 22.5 Å². The molecule has 3 aromatic rings. The maximum Gasteiger partial charge on any atom is 0.159 e. The molecule has 0 aliphatic carbocycles. The average molecular weight is 269 g/mol. The molecule has 1 aromatic heterocycles. The molecule has 0 saturated carbocycles. The minimum absolute atomic E-state index is 0.657. The Hall–Kier alpha value is -1.93. The molecule has 2 aromatic carbocycles. The van der Waals surface area contributed by atoms with E-state index >= 15 is 0 Å². The molecule has 0 fully saturated rings. The zero-order valence-electron chi connectivity index (χ0n) is 10.8. The molecule has 0 aliphatic rings. The average Bonchev–Trinajstić information content (AvgIpc) is 2.42. The van der Waals surface area contributed by atoms with Crippen LogP contribution in [0.15, 0.2) is 42.6 Å². The van der Waals surface area contributed by atoms with E-state index in [9.17, 15) is 0 Å². The zero-order chi connectivity index (χ0) is 13.4. The summed E-state index contributed by atoms with van der Waals surface area (Å²) in [5, 5.41) is 1.62. The van der Waals surface area contributed by atoms with E-state index in [2.05, 4.69) is 35.9 Å². The molecule has 0 aliphatic heterocycles. The quantitative estimate of drug-likeness (QED) is 0.646. The first kappa shape index (κ1) is 12.1. The molecule has 0 saturated heterocycles. The van der Waals surface area contributed by atoms with Crippen LogP contribution in [0.2, 0.25) is 5.02 Å². The number of aryl methyl sites for hydroxylation is 2. The highest BCUT2D eigenvalue weighted by Gasteiger charge is 2.06. The highest BCUT2D eigenvalue weighted by molar-refractivity contribution is 6.35. The number of hydrogen-bond acceptors (Lipinski definition) is 2. The van der Waals surface area contributed by atoms with Gasteiger partial charge in [-0.15, -0.1) is 0 Å². The number of halogens is 1. The predicted octanol–water partition coefficient (Wildman–Crippen LogP) is 4.57. The Morgan fingerprint density at radius 2 is 1.84 bits per heavy atom. The number of para-hydroxylation sites is 1. The molecule has 1 heterocycles. The summed E-state index contributed by atoms with van der Waals surface area (Å²) in [5.41, 5.74) is 4.32. The van der Waals surface area contributed by atoms with Gasteiger partial charge in [0, 0.05) is 17.1 Å². The van der Waals surface area contributed by atoms with Crippen molar-refractivity contribution < 1.29 is 0 Å². The van der Waals surface area contributed by atoms with Crippen molar-refractivity contribution in [1.82, 2.24) is 9.97 Å². The van der Waals surface area contributed by atoms with Crippen molar-refractivity contribution in [2.24, 2.45) is 0 Å². The molecular formula is C16H13ClN2. The number of aromatic nitrogens is 2. The summed E-state index contributed by atoms with van der Waals surface area (Å²) in [4.78, 5) is 8.99. The number of hydrogen-bond donors (Lipinski definition) is 0. The smallest absolute Gasteiger partial charge is 0.159 e. The zero-order valence-corrected chi connectivity index (χ0v) is 11.6. The Morgan fingerprint density at radius 3 is 2.63 bits per heavy atom. The molecule has 3 heteroatoms. The number of nitrogens with zero attached hydrogens (tertiary/aromatic N) is 2. The summed E-state index contributed by atoms with van der Waals surface area (Å²) < 4.78 is 0. The largest absolute Gasteiger partial charge is 0.236 e. The van der Waals surface area contributed by atoms with Gasteiger partial charge in [-0.1, -0.05) is 35.9 Å². The number of benzene rings is 2. The summed E-state index contributed by atoms with van der Waals surface area (Å²) >= 11 is 6.18. The minimum atomic E-state index is 0.657. The first-order chi connectivity index (χ1) is 9.15. The Bertz CT molecular complexity index is 766. The Labute approximate surface area is 117 Å². The van der Waals surface area contributed by atoms with Gasteiger partial charge in [0.25, 0.3) is 0 Å². The molecule has 0 spiro atoms. The lowest BCUT2D eigenvalue weighted by Gasteiger charge is -2.06. The fourth-order valence-electron chi connectivity index (χ4n) is 2.04. The van der Waals surface area contributed by atoms with Crippen LogP contribution in [-0.4, -0.2) is 9.97 Å². The van der Waals surface area contributed by atoms with Crippen molar-refractivity contribution in [3.63, 3.8) is 0 Å². The lowest BCUT2D eigenvalue weighted by atomic mass is 10.1. The van der Waals surface area contributed by atoms with Gasteiger partial charge in [-0.25, -0.2) is 9.97 Å². The molecule has 0 N–H and O–H groups in total. The highest BCUT2D eigenvalue weighted by Crippen LogP contribution is 2.24. The predicted molar refractivity (Wildman–Crippen MR) is 79.5 cm³/mol. The van der Waals surface area contributed by atoms with Gasteiger partial charge >= 0.3 is 0 Å². The number of fused-ring (bicyclic) bond motifs is 1. The van der Waals surface area contributed by atoms with Crippen LogP contribution in [0, 0.1) is 13.8 Å². The summed E-state index contributed by atoms with van der Waals surface area (Å²) in [7, 11) is 0. The van der Waals surface area contributed by atoms with Gasteiger partial charge in [0.2, 0.25) is 0 Å². The normalized spacial score (nSPS) is 10.9. The molecule has 94 valence electrons. The maximum atomic E-state index is 6.18. The van der Waals surface area contributed by atoms with E-state index in [0.717, 1.165) is 16.5 Å². The van der Waals surface area contributed by atoms with E-state index in [-0.39, 0.29) is 0 Å². The molecule has 2 nitrogen and oxygen atoms in total. The van der Waals surface area contributed by atoms with E-state index in [1.165, 1.54) is 11.1 Å². The molecule has 0 amide bonds. The first-order valence-electron chi connectivity index (χ1n) is 6.14. The maximum absolute atomic E-state index is 6.18. The first-order valence-corrected chi connectivity index (χ1v) is 6.52. The second-order valence-corrected chi connectivity index (χ2v) is 5.08. The molecule has 0 bridgehead atoms. The fraction of sp³-hybridized carbons (Fsp3) is 0.125. The van der Waals surface area contributed by atoms with Gasteiger partial charge in [-0.05, 0) is 37.1 Å². The minimum Gasteiger partial charge on any atom is -0.236 e. The third kappa shape index (κ3) is 2.20. The van der Waals surface area contributed by atoms with Crippen molar-refractivity contribution in [1.29, 1.82) is 0 Å². The van der Waals surface area contributed by atoms with Crippen LogP contribution in [0.4, 0.5) is 0 Å². The summed E-state index contributed by atoms with van der Waals surface area (Å²) in [6, 6.07) is 12.0.